The number of hydrogen-bond acceptors (Lipinski definition) is 1. The molecule has 3 N–H and O–H groups in total. The van der Waals surface area contributed by atoms with Crippen molar-refractivity contribution in [3.63, 3.8) is 0 Å². The molecule has 0 aliphatic rings. The molecule has 0 amide bonds. The predicted octanol–water partition coefficient (Wildman–Crippen LogP) is 0.477. The summed E-state index contributed by atoms with van der Waals surface area (Å²) in [5.41, 5.74) is 4.81. The summed E-state index contributed by atoms with van der Waals surface area (Å²) in [5.74, 6) is 0. The minimum atomic E-state index is 0.534. The summed E-state index contributed by atoms with van der Waals surface area (Å²) in [6, 6.07) is 3.68. The van der Waals surface area contributed by atoms with Crippen LogP contribution in [0, 0.1) is 0 Å². The van der Waals surface area contributed by atoms with E-state index in [-0.39, 0.29) is 0 Å². The van der Waals surface area contributed by atoms with Crippen molar-refractivity contribution in [2.45, 2.75) is 6.54 Å². The average Bonchev–Trinajstić information content (AvgIpc) is 1.90. The Kier molecular flexibility index (Phi) is 2.03. The molecule has 0 saturated carbocycles. The Hall–Kier alpha value is -0.600. The van der Waals surface area contributed by atoms with Crippen molar-refractivity contribution in [1.82, 2.24) is 4.98 Å². The molecule has 0 aliphatic heterocycles. The van der Waals surface area contributed by atoms with E-state index in [1.54, 1.807) is 12.3 Å². The van der Waals surface area contributed by atoms with Crippen LogP contribution in [0.1, 0.15) is 5.56 Å². The number of halogens is 1. The maximum absolute atomic E-state index is 5.54. The van der Waals surface area contributed by atoms with E-state index in [1.807, 2.05) is 6.07 Å². The van der Waals surface area contributed by atoms with Crippen molar-refractivity contribution < 1.29 is 5.73 Å². The second kappa shape index (κ2) is 2.80. The van der Waals surface area contributed by atoms with E-state index >= 15 is 0 Å². The zero-order valence-electron chi connectivity index (χ0n) is 4.97. The molecule has 1 aromatic heterocycles. The van der Waals surface area contributed by atoms with Crippen LogP contribution in [-0.2, 0) is 6.54 Å². The van der Waals surface area contributed by atoms with Gasteiger partial charge in [-0.25, -0.2) is 4.98 Å². The number of quaternary nitrogens is 1. The fourth-order valence-corrected chi connectivity index (χ4v) is 0.666. The first-order valence-electron chi connectivity index (χ1n) is 2.72. The van der Waals surface area contributed by atoms with E-state index in [9.17, 15) is 0 Å². The number of hydrogen-bond donors (Lipinski definition) is 1. The van der Waals surface area contributed by atoms with E-state index in [0.717, 1.165) is 12.1 Å². The maximum Gasteiger partial charge on any atom is 0.129 e. The van der Waals surface area contributed by atoms with Crippen molar-refractivity contribution in [2.75, 3.05) is 0 Å². The van der Waals surface area contributed by atoms with Gasteiger partial charge in [0.15, 0.2) is 0 Å². The molecule has 9 heavy (non-hydrogen) atoms. The molecule has 1 aromatic rings. The predicted molar refractivity (Wildman–Crippen MR) is 35.8 cm³/mol. The topological polar surface area (TPSA) is 40.5 Å². The first-order chi connectivity index (χ1) is 4.33. The van der Waals surface area contributed by atoms with Gasteiger partial charge in [-0.15, -0.1) is 0 Å². The lowest BCUT2D eigenvalue weighted by Gasteiger charge is -1.90. The molecule has 2 nitrogen and oxygen atoms in total. The van der Waals surface area contributed by atoms with E-state index < -0.39 is 0 Å². The van der Waals surface area contributed by atoms with Gasteiger partial charge in [0.25, 0.3) is 0 Å². The molecule has 0 unspecified atom stereocenters. The largest absolute Gasteiger partial charge is 0.354 e. The summed E-state index contributed by atoms with van der Waals surface area (Å²) in [4.78, 5) is 3.88. The molecule has 1 rings (SSSR count). The van der Waals surface area contributed by atoms with Crippen LogP contribution < -0.4 is 5.73 Å². The lowest BCUT2D eigenvalue weighted by Crippen LogP contribution is -2.47. The molecule has 48 valence electrons. The van der Waals surface area contributed by atoms with Gasteiger partial charge in [0.1, 0.15) is 11.7 Å². The second-order valence-electron chi connectivity index (χ2n) is 1.74. The number of aromatic nitrogens is 1. The Labute approximate surface area is 58.7 Å². The molecule has 0 atom stereocenters. The van der Waals surface area contributed by atoms with Crippen LogP contribution >= 0.6 is 11.6 Å². The number of pyridine rings is 1. The van der Waals surface area contributed by atoms with E-state index in [2.05, 4.69) is 10.7 Å². The molecule has 0 saturated heterocycles. The van der Waals surface area contributed by atoms with Gasteiger partial charge >= 0.3 is 0 Å². The average molecular weight is 144 g/mol. The summed E-state index contributed by atoms with van der Waals surface area (Å²) < 4.78 is 0. The van der Waals surface area contributed by atoms with Crippen LogP contribution in [0.5, 0.6) is 0 Å². The Bertz CT molecular complexity index is 183. The van der Waals surface area contributed by atoms with Crippen molar-refractivity contribution in [3.8, 4) is 0 Å². The molecule has 0 radical (unpaired) electrons. The zero-order chi connectivity index (χ0) is 6.69. The molecule has 1 heterocycles. The van der Waals surface area contributed by atoms with Gasteiger partial charge in [0.2, 0.25) is 0 Å². The van der Waals surface area contributed by atoms with Gasteiger partial charge in [0.05, 0.1) is 0 Å². The minimum absolute atomic E-state index is 0.534. The summed E-state index contributed by atoms with van der Waals surface area (Å²) in [5, 5.41) is 0.534. The highest BCUT2D eigenvalue weighted by atomic mass is 35.5. The van der Waals surface area contributed by atoms with E-state index in [1.165, 1.54) is 0 Å². The van der Waals surface area contributed by atoms with Crippen LogP contribution in [0.3, 0.4) is 0 Å². The van der Waals surface area contributed by atoms with Crippen molar-refractivity contribution in [2.24, 2.45) is 0 Å². The quantitative estimate of drug-likeness (QED) is 0.571. The van der Waals surface area contributed by atoms with Gasteiger partial charge in [-0.05, 0) is 12.1 Å². The molecule has 0 bridgehead atoms. The minimum Gasteiger partial charge on any atom is -0.354 e. The Morgan fingerprint density at radius 1 is 1.56 bits per heavy atom. The fraction of sp³-hybridized carbons (Fsp3) is 0.167. The summed E-state index contributed by atoms with van der Waals surface area (Å²) in [6.45, 7) is 0.768. The molecular formula is C6H8ClN2+. The number of rotatable bonds is 1. The van der Waals surface area contributed by atoms with Crippen molar-refractivity contribution >= 4 is 11.6 Å². The third-order valence-corrected chi connectivity index (χ3v) is 1.30. The van der Waals surface area contributed by atoms with Gasteiger partial charge in [0, 0.05) is 11.8 Å². The fourth-order valence-electron chi connectivity index (χ4n) is 0.554. The highest BCUT2D eigenvalue weighted by molar-refractivity contribution is 6.29. The van der Waals surface area contributed by atoms with Gasteiger partial charge < -0.3 is 5.73 Å². The van der Waals surface area contributed by atoms with E-state index in [0.29, 0.717) is 5.15 Å². The van der Waals surface area contributed by atoms with Gasteiger partial charge in [-0.2, -0.15) is 0 Å². The van der Waals surface area contributed by atoms with Crippen LogP contribution in [0.4, 0.5) is 0 Å². The summed E-state index contributed by atoms with van der Waals surface area (Å²) >= 11 is 5.54. The molecule has 0 spiro atoms. The molecular weight excluding hydrogens is 136 g/mol. The second-order valence-corrected chi connectivity index (χ2v) is 2.13. The third-order valence-electron chi connectivity index (χ3n) is 1.08. The van der Waals surface area contributed by atoms with Crippen LogP contribution in [0.15, 0.2) is 18.3 Å². The van der Waals surface area contributed by atoms with E-state index in [4.69, 9.17) is 11.6 Å². The molecule has 0 fully saturated rings. The Morgan fingerprint density at radius 3 is 2.78 bits per heavy atom. The molecule has 0 aromatic carbocycles. The van der Waals surface area contributed by atoms with Crippen molar-refractivity contribution in [1.29, 1.82) is 0 Å². The normalized spacial score (nSPS) is 9.56. The first-order valence-corrected chi connectivity index (χ1v) is 3.10. The van der Waals surface area contributed by atoms with Crippen LogP contribution in [-0.4, -0.2) is 4.98 Å². The van der Waals surface area contributed by atoms with Gasteiger partial charge in [-0.1, -0.05) is 11.6 Å². The highest BCUT2D eigenvalue weighted by Crippen LogP contribution is 2.03. The molecule has 3 heteroatoms. The van der Waals surface area contributed by atoms with Gasteiger partial charge in [-0.3, -0.25) is 0 Å². The number of nitrogens with zero attached hydrogens (tertiary/aromatic N) is 1. The Balaban J connectivity index is 2.88. The Morgan fingerprint density at radius 2 is 2.33 bits per heavy atom. The summed E-state index contributed by atoms with van der Waals surface area (Å²) in [7, 11) is 0. The standard InChI is InChI=1S/C6H7ClN2/c7-6-2-1-5(3-8)4-9-6/h1-2,4H,3,8H2/p+1. The van der Waals surface area contributed by atoms with Crippen LogP contribution in [0.2, 0.25) is 5.15 Å². The lowest BCUT2D eigenvalue weighted by molar-refractivity contribution is -0.386. The highest BCUT2D eigenvalue weighted by Gasteiger charge is 1.89. The maximum atomic E-state index is 5.54. The monoisotopic (exact) mass is 143 g/mol. The smallest absolute Gasteiger partial charge is 0.129 e. The van der Waals surface area contributed by atoms with Crippen molar-refractivity contribution in [3.05, 3.63) is 29.0 Å². The lowest BCUT2D eigenvalue weighted by atomic mass is 10.3. The third kappa shape index (κ3) is 1.66. The zero-order valence-corrected chi connectivity index (χ0v) is 5.73. The van der Waals surface area contributed by atoms with Crippen LogP contribution in [0.25, 0.3) is 0 Å². The molecule has 0 aliphatic carbocycles. The first kappa shape index (κ1) is 6.52. The summed E-state index contributed by atoms with van der Waals surface area (Å²) in [6.07, 6.45) is 1.73. The SMILES string of the molecule is [NH3+]Cc1ccc(Cl)nc1.